The lowest BCUT2D eigenvalue weighted by Gasteiger charge is -2.21. The quantitative estimate of drug-likeness (QED) is 0.554. The summed E-state index contributed by atoms with van der Waals surface area (Å²) in [6.45, 7) is -0.222. The van der Waals surface area contributed by atoms with Gasteiger partial charge in [0.05, 0.1) is 22.4 Å². The molecule has 138 valence electrons. The largest absolute Gasteiger partial charge is 0.481 e. The number of carbonyl (C=O) groups is 1. The molecule has 0 bridgehead atoms. The Morgan fingerprint density at radius 1 is 1.22 bits per heavy atom. The zero-order valence-corrected chi connectivity index (χ0v) is 16.3. The Balaban J connectivity index is 1.55. The van der Waals surface area contributed by atoms with Crippen molar-refractivity contribution in [2.75, 3.05) is 6.61 Å². The van der Waals surface area contributed by atoms with Gasteiger partial charge in [0.2, 0.25) is 0 Å². The lowest BCUT2D eigenvalue weighted by molar-refractivity contribution is -0.135. The minimum atomic E-state index is -0.286. The first-order valence-corrected chi connectivity index (χ1v) is 9.80. The van der Waals surface area contributed by atoms with E-state index in [-0.39, 0.29) is 24.3 Å². The van der Waals surface area contributed by atoms with Gasteiger partial charge >= 0.3 is 0 Å². The standard InChI is InChI=1S/C19H14Cl2N2O3S/c20-12-4-1-5-13(21)19(12)26-11-18(24)23-15(17-7-3-9-27-17)10-14(22-23)16-6-2-8-25-16/h1-9,15H,10-11H2. The summed E-state index contributed by atoms with van der Waals surface area (Å²) >= 11 is 13.8. The molecule has 0 saturated carbocycles. The highest BCUT2D eigenvalue weighted by Crippen LogP contribution is 2.36. The Hall–Kier alpha value is -2.28. The monoisotopic (exact) mass is 420 g/mol. The average molecular weight is 421 g/mol. The maximum atomic E-state index is 12.8. The predicted molar refractivity (Wildman–Crippen MR) is 106 cm³/mol. The molecule has 3 heterocycles. The summed E-state index contributed by atoms with van der Waals surface area (Å²) in [5.74, 6) is 0.657. The van der Waals surface area contributed by atoms with Crippen molar-refractivity contribution in [3.63, 3.8) is 0 Å². The smallest absolute Gasteiger partial charge is 0.281 e. The molecule has 0 spiro atoms. The van der Waals surface area contributed by atoms with Gasteiger partial charge in [0, 0.05) is 11.3 Å². The van der Waals surface area contributed by atoms with Crippen LogP contribution in [0.3, 0.4) is 0 Å². The SMILES string of the molecule is O=C(COc1c(Cl)cccc1Cl)N1N=C(c2ccco2)CC1c1cccs1. The van der Waals surface area contributed by atoms with Gasteiger partial charge in [-0.2, -0.15) is 5.10 Å². The highest BCUT2D eigenvalue weighted by Gasteiger charge is 2.34. The number of amides is 1. The van der Waals surface area contributed by atoms with Crippen molar-refractivity contribution < 1.29 is 13.9 Å². The van der Waals surface area contributed by atoms with Crippen LogP contribution in [0, 0.1) is 0 Å². The molecule has 1 unspecified atom stereocenters. The molecule has 27 heavy (non-hydrogen) atoms. The highest BCUT2D eigenvalue weighted by molar-refractivity contribution is 7.10. The van der Waals surface area contributed by atoms with Gasteiger partial charge in [0.25, 0.3) is 5.91 Å². The fourth-order valence-corrected chi connectivity index (χ4v) is 4.17. The van der Waals surface area contributed by atoms with Crippen LogP contribution in [0.25, 0.3) is 0 Å². The molecule has 0 fully saturated rings. The van der Waals surface area contributed by atoms with Crippen LogP contribution < -0.4 is 4.74 Å². The zero-order chi connectivity index (χ0) is 18.8. The molecule has 0 radical (unpaired) electrons. The van der Waals surface area contributed by atoms with Crippen LogP contribution in [0.4, 0.5) is 0 Å². The van der Waals surface area contributed by atoms with E-state index in [0.29, 0.717) is 22.2 Å². The van der Waals surface area contributed by atoms with Crippen LogP contribution in [0.5, 0.6) is 5.75 Å². The van der Waals surface area contributed by atoms with Gasteiger partial charge < -0.3 is 9.15 Å². The first-order valence-electron chi connectivity index (χ1n) is 8.17. The Kier molecular flexibility index (Phi) is 5.20. The van der Waals surface area contributed by atoms with Crippen molar-refractivity contribution in [2.24, 2.45) is 5.10 Å². The lowest BCUT2D eigenvalue weighted by atomic mass is 10.1. The summed E-state index contributed by atoms with van der Waals surface area (Å²) in [5.41, 5.74) is 0.725. The van der Waals surface area contributed by atoms with Crippen molar-refractivity contribution in [3.05, 3.63) is 74.8 Å². The second kappa shape index (κ2) is 7.76. The number of hydrazone groups is 1. The summed E-state index contributed by atoms with van der Waals surface area (Å²) < 4.78 is 11.0. The third-order valence-corrected chi connectivity index (χ3v) is 5.67. The topological polar surface area (TPSA) is 55.0 Å². The molecule has 1 aliphatic rings. The van der Waals surface area contributed by atoms with Crippen molar-refractivity contribution in [1.29, 1.82) is 0 Å². The normalized spacial score (nSPS) is 16.4. The van der Waals surface area contributed by atoms with E-state index in [1.807, 2.05) is 23.6 Å². The van der Waals surface area contributed by atoms with Gasteiger partial charge in [0.15, 0.2) is 12.4 Å². The Labute approximate surface area is 169 Å². The third-order valence-electron chi connectivity index (χ3n) is 4.10. The maximum absolute atomic E-state index is 12.8. The number of ether oxygens (including phenoxy) is 1. The van der Waals surface area contributed by atoms with E-state index < -0.39 is 0 Å². The number of para-hydroxylation sites is 1. The predicted octanol–water partition coefficient (Wildman–Crippen LogP) is 5.40. The molecule has 1 atom stereocenters. The van der Waals surface area contributed by atoms with E-state index in [2.05, 4.69) is 5.10 Å². The second-order valence-electron chi connectivity index (χ2n) is 5.84. The molecule has 0 N–H and O–H groups in total. The van der Waals surface area contributed by atoms with Crippen LogP contribution in [0.1, 0.15) is 23.1 Å². The summed E-state index contributed by atoms with van der Waals surface area (Å²) in [6, 6.07) is 12.4. The Morgan fingerprint density at radius 2 is 2.04 bits per heavy atom. The third kappa shape index (κ3) is 3.74. The molecule has 5 nitrogen and oxygen atoms in total. The summed E-state index contributed by atoms with van der Waals surface area (Å²) in [6.07, 6.45) is 2.16. The van der Waals surface area contributed by atoms with Gasteiger partial charge in [-0.25, -0.2) is 5.01 Å². The molecule has 3 aromatic rings. The van der Waals surface area contributed by atoms with Gasteiger partial charge in [-0.15, -0.1) is 11.3 Å². The summed E-state index contributed by atoms with van der Waals surface area (Å²) in [7, 11) is 0. The van der Waals surface area contributed by atoms with E-state index in [4.69, 9.17) is 32.4 Å². The van der Waals surface area contributed by atoms with Crippen LogP contribution >= 0.6 is 34.5 Å². The van der Waals surface area contributed by atoms with Gasteiger partial charge in [-0.05, 0) is 35.7 Å². The number of rotatable bonds is 5. The Morgan fingerprint density at radius 3 is 2.70 bits per heavy atom. The molecule has 0 aliphatic carbocycles. The second-order valence-corrected chi connectivity index (χ2v) is 7.63. The van der Waals surface area contributed by atoms with Crippen molar-refractivity contribution in [1.82, 2.24) is 5.01 Å². The van der Waals surface area contributed by atoms with Crippen LogP contribution in [0.15, 0.2) is 63.6 Å². The molecule has 2 aromatic heterocycles. The first kappa shape index (κ1) is 18.1. The molecule has 0 saturated heterocycles. The zero-order valence-electron chi connectivity index (χ0n) is 14.0. The number of benzene rings is 1. The summed E-state index contributed by atoms with van der Waals surface area (Å²) in [4.78, 5) is 13.9. The number of hydrogen-bond donors (Lipinski definition) is 0. The maximum Gasteiger partial charge on any atom is 0.281 e. The fourth-order valence-electron chi connectivity index (χ4n) is 2.85. The van der Waals surface area contributed by atoms with Gasteiger partial charge in [-0.3, -0.25) is 4.79 Å². The number of thiophene rings is 1. The van der Waals surface area contributed by atoms with E-state index >= 15 is 0 Å². The van der Waals surface area contributed by atoms with Crippen LogP contribution in [-0.4, -0.2) is 23.2 Å². The van der Waals surface area contributed by atoms with Crippen LogP contribution in [0.2, 0.25) is 10.0 Å². The van der Waals surface area contributed by atoms with Gasteiger partial charge in [0.1, 0.15) is 11.5 Å². The fraction of sp³-hybridized carbons (Fsp3) is 0.158. The highest BCUT2D eigenvalue weighted by atomic mass is 35.5. The first-order chi connectivity index (χ1) is 13.1. The number of furan rings is 1. The molecular formula is C19H14Cl2N2O3S. The van der Waals surface area contributed by atoms with E-state index in [1.165, 1.54) is 5.01 Å². The minimum absolute atomic E-state index is 0.192. The lowest BCUT2D eigenvalue weighted by Crippen LogP contribution is -2.31. The van der Waals surface area contributed by atoms with Crippen LogP contribution in [-0.2, 0) is 4.79 Å². The van der Waals surface area contributed by atoms with Crippen molar-refractivity contribution in [3.8, 4) is 5.75 Å². The number of carbonyl (C=O) groups excluding carboxylic acids is 1. The number of hydrogen-bond acceptors (Lipinski definition) is 5. The van der Waals surface area contributed by atoms with Gasteiger partial charge in [-0.1, -0.05) is 35.3 Å². The average Bonchev–Trinajstić information content (AvgIpc) is 3.40. The van der Waals surface area contributed by atoms with E-state index in [9.17, 15) is 4.79 Å². The van der Waals surface area contributed by atoms with Crippen molar-refractivity contribution in [2.45, 2.75) is 12.5 Å². The molecule has 1 aromatic carbocycles. The number of nitrogens with zero attached hydrogens (tertiary/aromatic N) is 2. The minimum Gasteiger partial charge on any atom is -0.481 e. The molecular weight excluding hydrogens is 407 g/mol. The van der Waals surface area contributed by atoms with Crippen molar-refractivity contribution >= 4 is 46.2 Å². The van der Waals surface area contributed by atoms with E-state index in [1.54, 1.807) is 41.9 Å². The van der Waals surface area contributed by atoms with E-state index in [0.717, 1.165) is 10.6 Å². The molecule has 1 aliphatic heterocycles. The number of halogens is 2. The molecule has 8 heteroatoms. The molecule has 1 amide bonds. The molecule has 4 rings (SSSR count). The summed E-state index contributed by atoms with van der Waals surface area (Å²) in [5, 5.41) is 8.63. The Bertz CT molecular complexity index is 951.